The number of aromatic nitrogens is 8. The number of H-pyrrole nitrogens is 1. The van der Waals surface area contributed by atoms with Crippen molar-refractivity contribution in [2.75, 3.05) is 24.7 Å². The third-order valence-electron chi connectivity index (χ3n) is 7.04. The Kier molecular flexibility index (Phi) is 7.90. The van der Waals surface area contributed by atoms with Crippen molar-refractivity contribution in [1.29, 1.82) is 0 Å². The van der Waals surface area contributed by atoms with E-state index < -0.39 is 69.9 Å². The molecule has 3 fully saturated rings. The van der Waals surface area contributed by atoms with Crippen LogP contribution < -0.4 is 17.0 Å². The lowest BCUT2D eigenvalue weighted by Gasteiger charge is -2.25. The van der Waals surface area contributed by atoms with Crippen LogP contribution in [0.5, 0.6) is 0 Å². The highest BCUT2D eigenvalue weighted by atomic mass is 32.7. The van der Waals surface area contributed by atoms with Gasteiger partial charge in [-0.2, -0.15) is 4.98 Å². The number of anilines is 2. The van der Waals surface area contributed by atoms with Gasteiger partial charge in [-0.15, -0.1) is 0 Å². The van der Waals surface area contributed by atoms with Gasteiger partial charge < -0.3 is 39.0 Å². The summed E-state index contributed by atoms with van der Waals surface area (Å²) in [7, 11) is -4.13. The SMILES string of the molecule is Nc1nc2c(ncn2C2OC3COP(S)OC4C(COP(S)OC2C3F)OC(n2cnc3c(N)ncnc32)C4F)c(=O)[nH]1. The van der Waals surface area contributed by atoms with E-state index in [-0.39, 0.29) is 47.3 Å². The van der Waals surface area contributed by atoms with Crippen molar-refractivity contribution in [2.45, 2.75) is 49.2 Å². The quantitative estimate of drug-likeness (QED) is 0.151. The number of nitrogen functional groups attached to an aromatic ring is 2. The summed E-state index contributed by atoms with van der Waals surface area (Å²) in [6.45, 7) is -0.584. The van der Waals surface area contributed by atoms with E-state index in [0.717, 1.165) is 0 Å². The molecule has 3 saturated heterocycles. The topological polar surface area (TPSA) is 215 Å². The van der Waals surface area contributed by atoms with E-state index in [9.17, 15) is 4.79 Å². The van der Waals surface area contributed by atoms with E-state index in [1.54, 1.807) is 0 Å². The number of nitrogens with one attached hydrogen (secondary N) is 1. The number of alkyl halides is 2. The summed E-state index contributed by atoms with van der Waals surface area (Å²) >= 11 is 8.73. The van der Waals surface area contributed by atoms with Gasteiger partial charge >= 0.3 is 0 Å². The number of hydrogen-bond donors (Lipinski definition) is 5. The molecule has 5 N–H and O–H groups in total. The molecule has 2 bridgehead atoms. The molecule has 4 aromatic rings. The molecule has 0 aromatic carbocycles. The molecule has 3 aliphatic heterocycles. The van der Waals surface area contributed by atoms with Crippen LogP contribution in [0.3, 0.4) is 0 Å². The van der Waals surface area contributed by atoms with E-state index in [2.05, 4.69) is 54.4 Å². The zero-order valence-corrected chi connectivity index (χ0v) is 25.0. The predicted molar refractivity (Wildman–Crippen MR) is 153 cm³/mol. The minimum atomic E-state index is -2.08. The molecule has 7 rings (SSSR count). The van der Waals surface area contributed by atoms with Gasteiger partial charge in [0.1, 0.15) is 36.3 Å². The largest absolute Gasteiger partial charge is 0.382 e. The fraction of sp³-hybridized carbons (Fsp3) is 0.500. The monoisotopic (exact) mass is 678 g/mol. The third kappa shape index (κ3) is 5.24. The van der Waals surface area contributed by atoms with Crippen molar-refractivity contribution in [3.63, 3.8) is 0 Å². The van der Waals surface area contributed by atoms with Gasteiger partial charge in [-0.05, 0) is 0 Å². The summed E-state index contributed by atoms with van der Waals surface area (Å²) in [6.07, 6.45) is -6.71. The van der Waals surface area contributed by atoms with Gasteiger partial charge in [0.05, 0.1) is 25.9 Å². The number of rotatable bonds is 2. The molecule has 0 aliphatic carbocycles. The summed E-state index contributed by atoms with van der Waals surface area (Å²) in [4.78, 5) is 35.0. The van der Waals surface area contributed by atoms with Crippen molar-refractivity contribution in [2.24, 2.45) is 0 Å². The number of thiol groups is 2. The number of aromatic amines is 1. The molecule has 0 saturated carbocycles. The van der Waals surface area contributed by atoms with Crippen molar-refractivity contribution < 1.29 is 36.3 Å². The van der Waals surface area contributed by atoms with E-state index in [0.29, 0.717) is 0 Å². The average Bonchev–Trinajstić information content (AvgIpc) is 3.72. The second kappa shape index (κ2) is 11.6. The molecule has 23 heteroatoms. The average molecular weight is 679 g/mol. The number of halogens is 2. The number of fused-ring (bicyclic) bond motifs is 5. The molecule has 7 heterocycles. The Hall–Kier alpha value is -2.32. The Morgan fingerprint density at radius 2 is 1.51 bits per heavy atom. The van der Waals surface area contributed by atoms with Crippen molar-refractivity contribution in [3.05, 3.63) is 29.3 Å². The summed E-state index contributed by atoms with van der Waals surface area (Å²) in [5, 5.41) is 0. The van der Waals surface area contributed by atoms with Crippen LogP contribution in [0.25, 0.3) is 22.3 Å². The van der Waals surface area contributed by atoms with Crippen LogP contribution in [0, 0.1) is 0 Å². The van der Waals surface area contributed by atoms with Gasteiger partial charge in [-0.25, -0.2) is 28.7 Å². The molecule has 10 unspecified atom stereocenters. The first-order chi connectivity index (χ1) is 20.7. The summed E-state index contributed by atoms with van der Waals surface area (Å²) in [6, 6.07) is 0. The second-order valence-corrected chi connectivity index (χ2v) is 13.4. The highest BCUT2D eigenvalue weighted by Crippen LogP contribution is 2.54. The number of nitrogens with zero attached hydrogens (tertiary/aromatic N) is 7. The molecule has 0 spiro atoms. The van der Waals surface area contributed by atoms with E-state index in [4.69, 9.17) is 39.0 Å². The van der Waals surface area contributed by atoms with E-state index >= 15 is 8.78 Å². The molecular weight excluding hydrogens is 656 g/mol. The van der Waals surface area contributed by atoms with Crippen LogP contribution in [0.1, 0.15) is 12.5 Å². The first-order valence-corrected chi connectivity index (χ1v) is 17.2. The highest BCUT2D eigenvalue weighted by Gasteiger charge is 2.52. The van der Waals surface area contributed by atoms with Crippen LogP contribution in [0.4, 0.5) is 20.5 Å². The number of ether oxygens (including phenoxy) is 2. The van der Waals surface area contributed by atoms with Gasteiger partial charge in [-0.3, -0.25) is 18.9 Å². The molecular formula is C20H22F2N10O7P2S2. The van der Waals surface area contributed by atoms with Gasteiger partial charge in [0.25, 0.3) is 5.56 Å². The molecule has 3 aliphatic rings. The maximum atomic E-state index is 15.9. The molecule has 230 valence electrons. The zero-order valence-electron chi connectivity index (χ0n) is 21.5. The van der Waals surface area contributed by atoms with Crippen LogP contribution in [0.15, 0.2) is 23.8 Å². The van der Waals surface area contributed by atoms with E-state index in [1.807, 2.05) is 0 Å². The Balaban J connectivity index is 1.15. The van der Waals surface area contributed by atoms with Crippen LogP contribution in [0.2, 0.25) is 0 Å². The molecule has 10 atom stereocenters. The Morgan fingerprint density at radius 1 is 0.860 bits per heavy atom. The Bertz CT molecular complexity index is 1720. The molecule has 43 heavy (non-hydrogen) atoms. The number of nitrogens with two attached hydrogens (primary N) is 2. The molecule has 4 aromatic heterocycles. The third-order valence-corrected chi connectivity index (χ3v) is 9.89. The second-order valence-electron chi connectivity index (χ2n) is 9.58. The first kappa shape index (κ1) is 29.4. The fourth-order valence-electron chi connectivity index (χ4n) is 5.07. The maximum Gasteiger partial charge on any atom is 0.280 e. The summed E-state index contributed by atoms with van der Waals surface area (Å²) < 4.78 is 69.5. The van der Waals surface area contributed by atoms with Gasteiger partial charge in [0.2, 0.25) is 21.1 Å². The summed E-state index contributed by atoms with van der Waals surface area (Å²) in [5.74, 6) is -0.0399. The predicted octanol–water partition coefficient (Wildman–Crippen LogP) is 1.73. The van der Waals surface area contributed by atoms with Gasteiger partial charge in [0, 0.05) is 0 Å². The molecule has 0 radical (unpaired) electrons. The Labute approximate surface area is 252 Å². The zero-order chi connectivity index (χ0) is 30.0. The smallest absolute Gasteiger partial charge is 0.280 e. The minimum absolute atomic E-state index is 0.0303. The summed E-state index contributed by atoms with van der Waals surface area (Å²) in [5.41, 5.74) is 11.6. The highest BCUT2D eigenvalue weighted by molar-refractivity contribution is 8.42. The van der Waals surface area contributed by atoms with Gasteiger partial charge in [-0.1, -0.05) is 24.5 Å². The minimum Gasteiger partial charge on any atom is -0.382 e. The van der Waals surface area contributed by atoms with Crippen molar-refractivity contribution in [3.8, 4) is 0 Å². The van der Waals surface area contributed by atoms with Crippen molar-refractivity contribution in [1.82, 2.24) is 39.0 Å². The van der Waals surface area contributed by atoms with Crippen molar-refractivity contribution >= 4 is 73.7 Å². The fourth-order valence-corrected chi connectivity index (χ4v) is 7.69. The van der Waals surface area contributed by atoms with Crippen LogP contribution >= 0.6 is 39.7 Å². The van der Waals surface area contributed by atoms with Crippen LogP contribution in [-0.2, 0) is 27.6 Å². The molecule has 17 nitrogen and oxygen atoms in total. The van der Waals surface area contributed by atoms with Gasteiger partial charge in [0.15, 0.2) is 47.4 Å². The van der Waals surface area contributed by atoms with E-state index in [1.165, 1.54) is 28.1 Å². The first-order valence-electron chi connectivity index (χ1n) is 12.5. The maximum absolute atomic E-state index is 15.9. The lowest BCUT2D eigenvalue weighted by Crippen LogP contribution is -2.33. The Morgan fingerprint density at radius 3 is 2.28 bits per heavy atom. The number of imidazole rings is 2. The molecule has 0 amide bonds. The van der Waals surface area contributed by atoms with Crippen LogP contribution in [-0.4, -0.2) is 89.0 Å². The lowest BCUT2D eigenvalue weighted by atomic mass is 10.1. The normalized spacial score (nSPS) is 35.4. The standard InChI is InChI=1S/C20H22F2N10O7P2S2/c21-8-6-1-34-40(42)38-12-7(37-18(9(12)22)31-4-27-10-14(23)25-3-26-15(10)31)2-35-41(43)39-13(8)19(36-6)32-5-28-11-16(32)29-20(24)30-17(11)33/h3-9,12-13,18-19,42-43H,1-2H2,(H2,23,25,26)(H3,24,29,30,33). The lowest BCUT2D eigenvalue weighted by molar-refractivity contribution is -0.0517. The number of hydrogen-bond acceptors (Lipinski definition) is 16.